The van der Waals surface area contributed by atoms with E-state index in [2.05, 4.69) is 18.8 Å². The Morgan fingerprint density at radius 3 is 2.31 bits per heavy atom. The van der Waals surface area contributed by atoms with Crippen LogP contribution in [0.4, 0.5) is 0 Å². The standard InChI is InChI=1S/C13H20N2O/c1-5-15(6-2)13(16)12-8-7-11(9-14-12)10(3)4/h7-10H,5-6H2,1-4H3. The Bertz CT molecular complexity index is 339. The lowest BCUT2D eigenvalue weighted by molar-refractivity contribution is 0.0767. The summed E-state index contributed by atoms with van der Waals surface area (Å²) in [7, 11) is 0. The van der Waals surface area contributed by atoms with Gasteiger partial charge in [-0.25, -0.2) is 0 Å². The molecule has 3 nitrogen and oxygen atoms in total. The molecule has 0 atom stereocenters. The quantitative estimate of drug-likeness (QED) is 0.781. The number of pyridine rings is 1. The number of hydrogen-bond donors (Lipinski definition) is 0. The van der Waals surface area contributed by atoms with Crippen molar-refractivity contribution in [3.8, 4) is 0 Å². The highest BCUT2D eigenvalue weighted by atomic mass is 16.2. The maximum Gasteiger partial charge on any atom is 0.272 e. The number of hydrogen-bond acceptors (Lipinski definition) is 2. The zero-order valence-electron chi connectivity index (χ0n) is 10.5. The van der Waals surface area contributed by atoms with Crippen molar-refractivity contribution in [2.24, 2.45) is 0 Å². The highest BCUT2D eigenvalue weighted by molar-refractivity contribution is 5.92. The second kappa shape index (κ2) is 5.64. The molecule has 1 heterocycles. The normalized spacial score (nSPS) is 10.6. The second-order valence-electron chi connectivity index (χ2n) is 4.11. The lowest BCUT2D eigenvalue weighted by atomic mass is 10.1. The molecule has 0 fully saturated rings. The molecular formula is C13H20N2O. The van der Waals surface area contributed by atoms with Gasteiger partial charge in [0, 0.05) is 19.3 Å². The lowest BCUT2D eigenvalue weighted by Crippen LogP contribution is -2.31. The molecule has 1 aromatic rings. The van der Waals surface area contributed by atoms with E-state index in [-0.39, 0.29) is 5.91 Å². The molecule has 88 valence electrons. The van der Waals surface area contributed by atoms with Gasteiger partial charge in [-0.1, -0.05) is 19.9 Å². The van der Waals surface area contributed by atoms with Gasteiger partial charge in [0.05, 0.1) is 0 Å². The maximum absolute atomic E-state index is 12.0. The van der Waals surface area contributed by atoms with E-state index in [0.717, 1.165) is 18.7 Å². The zero-order valence-corrected chi connectivity index (χ0v) is 10.5. The fourth-order valence-corrected chi connectivity index (χ4v) is 1.55. The predicted molar refractivity (Wildman–Crippen MR) is 65.6 cm³/mol. The molecule has 16 heavy (non-hydrogen) atoms. The molecule has 0 N–H and O–H groups in total. The summed E-state index contributed by atoms with van der Waals surface area (Å²) in [5.41, 5.74) is 1.70. The van der Waals surface area contributed by atoms with Crippen LogP contribution in [-0.2, 0) is 0 Å². The summed E-state index contributed by atoms with van der Waals surface area (Å²) in [5, 5.41) is 0. The van der Waals surface area contributed by atoms with Crippen molar-refractivity contribution in [3.05, 3.63) is 29.6 Å². The molecule has 3 heteroatoms. The smallest absolute Gasteiger partial charge is 0.272 e. The summed E-state index contributed by atoms with van der Waals surface area (Å²) >= 11 is 0. The van der Waals surface area contributed by atoms with Crippen molar-refractivity contribution in [3.63, 3.8) is 0 Å². The van der Waals surface area contributed by atoms with Crippen LogP contribution in [0, 0.1) is 0 Å². The highest BCUT2D eigenvalue weighted by Crippen LogP contribution is 2.13. The molecular weight excluding hydrogens is 200 g/mol. The summed E-state index contributed by atoms with van der Waals surface area (Å²) in [6.07, 6.45) is 1.79. The van der Waals surface area contributed by atoms with E-state index in [0.29, 0.717) is 11.6 Å². The molecule has 0 aliphatic rings. The van der Waals surface area contributed by atoms with E-state index in [1.54, 1.807) is 11.1 Å². The number of nitrogens with zero attached hydrogens (tertiary/aromatic N) is 2. The van der Waals surface area contributed by atoms with Gasteiger partial charge in [0.1, 0.15) is 5.69 Å². The van der Waals surface area contributed by atoms with Crippen molar-refractivity contribution < 1.29 is 4.79 Å². The van der Waals surface area contributed by atoms with Crippen LogP contribution < -0.4 is 0 Å². The molecule has 0 saturated heterocycles. The third-order valence-corrected chi connectivity index (χ3v) is 2.72. The number of rotatable bonds is 4. The van der Waals surface area contributed by atoms with E-state index < -0.39 is 0 Å². The molecule has 1 rings (SSSR count). The predicted octanol–water partition coefficient (Wildman–Crippen LogP) is 2.69. The van der Waals surface area contributed by atoms with Crippen LogP contribution >= 0.6 is 0 Å². The summed E-state index contributed by atoms with van der Waals surface area (Å²) < 4.78 is 0. The van der Waals surface area contributed by atoms with Gasteiger partial charge in [-0.05, 0) is 31.4 Å². The fraction of sp³-hybridized carbons (Fsp3) is 0.538. The van der Waals surface area contributed by atoms with Gasteiger partial charge in [-0.3, -0.25) is 9.78 Å². The Morgan fingerprint density at radius 2 is 1.94 bits per heavy atom. The van der Waals surface area contributed by atoms with Gasteiger partial charge in [-0.15, -0.1) is 0 Å². The average molecular weight is 220 g/mol. The molecule has 0 radical (unpaired) electrons. The highest BCUT2D eigenvalue weighted by Gasteiger charge is 2.13. The fourth-order valence-electron chi connectivity index (χ4n) is 1.55. The second-order valence-corrected chi connectivity index (χ2v) is 4.11. The Hall–Kier alpha value is -1.38. The SMILES string of the molecule is CCN(CC)C(=O)c1ccc(C(C)C)cn1. The Balaban J connectivity index is 2.85. The Kier molecular flexibility index (Phi) is 4.47. The van der Waals surface area contributed by atoms with Gasteiger partial charge >= 0.3 is 0 Å². The molecule has 1 aromatic heterocycles. The van der Waals surface area contributed by atoms with Crippen molar-refractivity contribution in [2.45, 2.75) is 33.6 Å². The number of carbonyl (C=O) groups excluding carboxylic acids is 1. The van der Waals surface area contributed by atoms with Crippen molar-refractivity contribution >= 4 is 5.91 Å². The Morgan fingerprint density at radius 1 is 1.31 bits per heavy atom. The molecule has 0 unspecified atom stereocenters. The Labute approximate surface area is 97.5 Å². The number of aromatic nitrogens is 1. The summed E-state index contributed by atoms with van der Waals surface area (Å²) in [6.45, 7) is 9.63. The minimum absolute atomic E-state index is 0.0142. The van der Waals surface area contributed by atoms with E-state index in [4.69, 9.17) is 0 Å². The first-order valence-corrected chi connectivity index (χ1v) is 5.85. The summed E-state index contributed by atoms with van der Waals surface area (Å²) in [6, 6.07) is 3.80. The molecule has 0 bridgehead atoms. The van der Waals surface area contributed by atoms with Crippen LogP contribution in [0.5, 0.6) is 0 Å². The summed E-state index contributed by atoms with van der Waals surface area (Å²) in [5.74, 6) is 0.463. The average Bonchev–Trinajstić information content (AvgIpc) is 2.30. The topological polar surface area (TPSA) is 33.2 Å². The van der Waals surface area contributed by atoms with Crippen LogP contribution in [0.15, 0.2) is 18.3 Å². The summed E-state index contributed by atoms with van der Waals surface area (Å²) in [4.78, 5) is 18.0. The zero-order chi connectivity index (χ0) is 12.1. The molecule has 0 aliphatic heterocycles. The molecule has 0 aliphatic carbocycles. The molecule has 0 saturated carbocycles. The molecule has 0 spiro atoms. The van der Waals surface area contributed by atoms with Crippen molar-refractivity contribution in [2.75, 3.05) is 13.1 Å². The molecule has 1 amide bonds. The van der Waals surface area contributed by atoms with E-state index in [9.17, 15) is 4.79 Å². The molecule has 0 aromatic carbocycles. The third kappa shape index (κ3) is 2.81. The first kappa shape index (κ1) is 12.7. The first-order chi connectivity index (χ1) is 7.60. The van der Waals surface area contributed by atoms with Crippen molar-refractivity contribution in [1.82, 2.24) is 9.88 Å². The van der Waals surface area contributed by atoms with Gasteiger partial charge in [0.2, 0.25) is 0 Å². The van der Waals surface area contributed by atoms with Crippen LogP contribution in [0.2, 0.25) is 0 Å². The third-order valence-electron chi connectivity index (χ3n) is 2.72. The minimum Gasteiger partial charge on any atom is -0.338 e. The van der Waals surface area contributed by atoms with Crippen molar-refractivity contribution in [1.29, 1.82) is 0 Å². The number of carbonyl (C=O) groups is 1. The van der Waals surface area contributed by atoms with E-state index in [1.807, 2.05) is 26.0 Å². The van der Waals surface area contributed by atoms with E-state index >= 15 is 0 Å². The monoisotopic (exact) mass is 220 g/mol. The first-order valence-electron chi connectivity index (χ1n) is 5.85. The van der Waals surface area contributed by atoms with Gasteiger partial charge < -0.3 is 4.90 Å². The van der Waals surface area contributed by atoms with Crippen LogP contribution in [0.25, 0.3) is 0 Å². The number of amides is 1. The minimum atomic E-state index is 0.0142. The maximum atomic E-state index is 12.0. The largest absolute Gasteiger partial charge is 0.338 e. The van der Waals surface area contributed by atoms with Crippen LogP contribution in [0.1, 0.15) is 49.7 Å². The van der Waals surface area contributed by atoms with Crippen LogP contribution in [0.3, 0.4) is 0 Å². The van der Waals surface area contributed by atoms with Crippen LogP contribution in [-0.4, -0.2) is 28.9 Å². The van der Waals surface area contributed by atoms with Gasteiger partial charge in [-0.2, -0.15) is 0 Å². The lowest BCUT2D eigenvalue weighted by Gasteiger charge is -2.18. The van der Waals surface area contributed by atoms with E-state index in [1.165, 1.54) is 0 Å². The van der Waals surface area contributed by atoms with Gasteiger partial charge in [0.15, 0.2) is 0 Å². The van der Waals surface area contributed by atoms with Gasteiger partial charge in [0.25, 0.3) is 5.91 Å².